The van der Waals surface area contributed by atoms with Crippen molar-refractivity contribution in [3.05, 3.63) is 65.4 Å². The van der Waals surface area contributed by atoms with E-state index in [2.05, 4.69) is 29.0 Å². The maximum absolute atomic E-state index is 15.3. The smallest absolute Gasteiger partial charge is 0.251 e. The van der Waals surface area contributed by atoms with E-state index in [9.17, 15) is 4.79 Å². The van der Waals surface area contributed by atoms with Crippen molar-refractivity contribution in [3.8, 4) is 22.3 Å². The van der Waals surface area contributed by atoms with Gasteiger partial charge < -0.3 is 20.7 Å². The SMILES string of the molecule is CC(C)C1CN(c2ccc(-c3cnc(N)c(-c4cc5c(cc4F)C(=O)NCC5)c3)c(F)c2)CCO1. The maximum Gasteiger partial charge on any atom is 0.251 e. The predicted molar refractivity (Wildman–Crippen MR) is 132 cm³/mol. The molecule has 3 aromatic rings. The van der Waals surface area contributed by atoms with E-state index in [1.807, 2.05) is 6.07 Å². The van der Waals surface area contributed by atoms with Gasteiger partial charge in [-0.3, -0.25) is 4.79 Å². The Labute approximate surface area is 203 Å². The van der Waals surface area contributed by atoms with Crippen molar-refractivity contribution in [1.29, 1.82) is 0 Å². The lowest BCUT2D eigenvalue weighted by molar-refractivity contribution is 0.0114. The summed E-state index contributed by atoms with van der Waals surface area (Å²) in [5.74, 6) is -0.749. The molecule has 1 fully saturated rings. The number of rotatable bonds is 4. The van der Waals surface area contributed by atoms with Gasteiger partial charge >= 0.3 is 0 Å². The molecule has 2 aliphatic heterocycles. The number of nitrogen functional groups attached to an aromatic ring is 1. The number of carbonyl (C=O) groups is 1. The lowest BCUT2D eigenvalue weighted by Crippen LogP contribution is -2.44. The van der Waals surface area contributed by atoms with Crippen LogP contribution in [0.4, 0.5) is 20.3 Å². The summed E-state index contributed by atoms with van der Waals surface area (Å²) < 4.78 is 36.1. The molecule has 2 aromatic carbocycles. The number of halogens is 2. The Hall–Kier alpha value is -3.52. The standard InChI is InChI=1S/C27H28F2N4O2/c1-15(2)25-14-33(7-8-35-25)18-3-4-19(23(28)11-18)17-10-22(26(30)32-13-17)21-9-16-5-6-31-27(34)20(16)12-24(21)29/h3-4,9-13,15,25H,5-8,14H2,1-2H3,(H2,30,32)(H,31,34). The van der Waals surface area contributed by atoms with Gasteiger partial charge in [-0.1, -0.05) is 13.8 Å². The molecule has 0 spiro atoms. The van der Waals surface area contributed by atoms with Gasteiger partial charge in [0.25, 0.3) is 5.91 Å². The number of benzene rings is 2. The number of nitrogens with two attached hydrogens (primary N) is 1. The van der Waals surface area contributed by atoms with Crippen molar-refractivity contribution in [3.63, 3.8) is 0 Å². The van der Waals surface area contributed by atoms with Crippen LogP contribution in [0.15, 0.2) is 42.6 Å². The minimum Gasteiger partial charge on any atom is -0.383 e. The van der Waals surface area contributed by atoms with Crippen LogP contribution in [0.5, 0.6) is 0 Å². The second kappa shape index (κ2) is 9.26. The Morgan fingerprint density at radius 3 is 2.66 bits per heavy atom. The molecule has 0 aliphatic carbocycles. The first-order valence-electron chi connectivity index (χ1n) is 11.8. The molecular formula is C27H28F2N4O2. The van der Waals surface area contributed by atoms with Crippen LogP contribution in [0.25, 0.3) is 22.3 Å². The molecule has 1 unspecified atom stereocenters. The van der Waals surface area contributed by atoms with Crippen molar-refractivity contribution in [2.24, 2.45) is 5.92 Å². The highest BCUT2D eigenvalue weighted by Gasteiger charge is 2.25. The summed E-state index contributed by atoms with van der Waals surface area (Å²) in [6.45, 7) is 6.73. The molecule has 35 heavy (non-hydrogen) atoms. The molecule has 5 rings (SSSR count). The molecule has 0 radical (unpaired) electrons. The number of anilines is 2. The third kappa shape index (κ3) is 4.46. The third-order valence-corrected chi connectivity index (χ3v) is 6.79. The number of nitrogens with zero attached hydrogens (tertiary/aromatic N) is 2. The summed E-state index contributed by atoms with van der Waals surface area (Å²) in [5, 5.41) is 2.71. The van der Waals surface area contributed by atoms with E-state index in [4.69, 9.17) is 10.5 Å². The second-order valence-electron chi connectivity index (χ2n) is 9.42. The molecule has 1 aromatic heterocycles. The molecular weight excluding hydrogens is 450 g/mol. The molecule has 182 valence electrons. The molecule has 0 bridgehead atoms. The van der Waals surface area contributed by atoms with Crippen LogP contribution >= 0.6 is 0 Å². The Kier molecular flexibility index (Phi) is 6.15. The van der Waals surface area contributed by atoms with Crippen molar-refractivity contribution in [2.75, 3.05) is 36.9 Å². The third-order valence-electron chi connectivity index (χ3n) is 6.79. The zero-order chi connectivity index (χ0) is 24.7. The van der Waals surface area contributed by atoms with E-state index < -0.39 is 11.6 Å². The predicted octanol–water partition coefficient (Wildman–Crippen LogP) is 4.42. The van der Waals surface area contributed by atoms with Gasteiger partial charge in [0.2, 0.25) is 0 Å². The number of carbonyl (C=O) groups excluding carboxylic acids is 1. The van der Waals surface area contributed by atoms with Crippen LogP contribution in [0, 0.1) is 17.6 Å². The molecule has 3 N–H and O–H groups in total. The number of aromatic nitrogens is 1. The molecule has 6 nitrogen and oxygen atoms in total. The number of pyridine rings is 1. The molecule has 8 heteroatoms. The minimum absolute atomic E-state index is 0.105. The largest absolute Gasteiger partial charge is 0.383 e. The first kappa shape index (κ1) is 23.2. The van der Waals surface area contributed by atoms with E-state index in [1.54, 1.807) is 18.2 Å². The van der Waals surface area contributed by atoms with Crippen LogP contribution in [-0.2, 0) is 11.2 Å². The van der Waals surface area contributed by atoms with Gasteiger partial charge in [-0.15, -0.1) is 0 Å². The Morgan fingerprint density at radius 2 is 1.89 bits per heavy atom. The van der Waals surface area contributed by atoms with Crippen LogP contribution in [-0.4, -0.2) is 43.2 Å². The van der Waals surface area contributed by atoms with Crippen molar-refractivity contribution in [1.82, 2.24) is 10.3 Å². The van der Waals surface area contributed by atoms with Gasteiger partial charge in [-0.2, -0.15) is 0 Å². The van der Waals surface area contributed by atoms with Gasteiger partial charge in [0.05, 0.1) is 12.7 Å². The summed E-state index contributed by atoms with van der Waals surface area (Å²) >= 11 is 0. The number of hydrogen-bond acceptors (Lipinski definition) is 5. The number of ether oxygens (including phenoxy) is 1. The Morgan fingerprint density at radius 1 is 1.09 bits per heavy atom. The number of morpholine rings is 1. The molecule has 0 saturated carbocycles. The fourth-order valence-corrected chi connectivity index (χ4v) is 4.74. The van der Waals surface area contributed by atoms with Gasteiger partial charge in [0.15, 0.2) is 0 Å². The van der Waals surface area contributed by atoms with E-state index in [0.29, 0.717) is 60.8 Å². The summed E-state index contributed by atoms with van der Waals surface area (Å²) in [5.41, 5.74) is 9.43. The molecule has 1 atom stereocenters. The summed E-state index contributed by atoms with van der Waals surface area (Å²) in [6, 6.07) is 9.64. The number of nitrogens with one attached hydrogen (secondary N) is 1. The monoisotopic (exact) mass is 478 g/mol. The van der Waals surface area contributed by atoms with Gasteiger partial charge in [0, 0.05) is 59.3 Å². The quantitative estimate of drug-likeness (QED) is 0.580. The normalized spacial score (nSPS) is 17.9. The first-order valence-corrected chi connectivity index (χ1v) is 11.8. The molecule has 2 aliphatic rings. The van der Waals surface area contributed by atoms with Gasteiger partial charge in [0.1, 0.15) is 17.5 Å². The van der Waals surface area contributed by atoms with E-state index in [-0.39, 0.29) is 23.4 Å². The maximum atomic E-state index is 15.3. The average Bonchev–Trinajstić information content (AvgIpc) is 2.85. The fourth-order valence-electron chi connectivity index (χ4n) is 4.74. The highest BCUT2D eigenvalue weighted by atomic mass is 19.1. The number of amides is 1. The van der Waals surface area contributed by atoms with E-state index >= 15 is 8.78 Å². The lowest BCUT2D eigenvalue weighted by atomic mass is 9.93. The van der Waals surface area contributed by atoms with Crippen LogP contribution in [0.1, 0.15) is 29.8 Å². The molecule has 1 saturated heterocycles. The number of fused-ring (bicyclic) bond motifs is 1. The number of hydrogen-bond donors (Lipinski definition) is 2. The van der Waals surface area contributed by atoms with Crippen molar-refractivity contribution >= 4 is 17.4 Å². The minimum atomic E-state index is -0.575. The zero-order valence-electron chi connectivity index (χ0n) is 19.8. The summed E-state index contributed by atoms with van der Waals surface area (Å²) in [6.07, 6.45) is 2.19. The highest BCUT2D eigenvalue weighted by molar-refractivity contribution is 5.97. The molecule has 1 amide bonds. The topological polar surface area (TPSA) is 80.5 Å². The van der Waals surface area contributed by atoms with Crippen LogP contribution in [0.3, 0.4) is 0 Å². The Bertz CT molecular complexity index is 1290. The first-order chi connectivity index (χ1) is 16.8. The lowest BCUT2D eigenvalue weighted by Gasteiger charge is -2.36. The van der Waals surface area contributed by atoms with Crippen molar-refractivity contribution in [2.45, 2.75) is 26.4 Å². The van der Waals surface area contributed by atoms with Gasteiger partial charge in [-0.05, 0) is 54.3 Å². The van der Waals surface area contributed by atoms with Crippen LogP contribution in [0.2, 0.25) is 0 Å². The van der Waals surface area contributed by atoms with E-state index in [0.717, 1.165) is 11.3 Å². The zero-order valence-corrected chi connectivity index (χ0v) is 19.8. The molecule has 3 heterocycles. The van der Waals surface area contributed by atoms with Gasteiger partial charge in [-0.25, -0.2) is 13.8 Å². The average molecular weight is 479 g/mol. The fraction of sp³-hybridized carbons (Fsp3) is 0.333. The summed E-state index contributed by atoms with van der Waals surface area (Å²) in [7, 11) is 0. The van der Waals surface area contributed by atoms with Crippen LogP contribution < -0.4 is 16.0 Å². The van der Waals surface area contributed by atoms with Crippen molar-refractivity contribution < 1.29 is 18.3 Å². The Balaban J connectivity index is 1.48. The summed E-state index contributed by atoms with van der Waals surface area (Å²) in [4.78, 5) is 18.4. The second-order valence-corrected chi connectivity index (χ2v) is 9.42. The van der Waals surface area contributed by atoms with E-state index in [1.165, 1.54) is 18.3 Å². The highest BCUT2D eigenvalue weighted by Crippen LogP contribution is 2.35.